The molecule has 2 saturated carbocycles. The van der Waals surface area contributed by atoms with Crippen molar-refractivity contribution in [3.63, 3.8) is 0 Å². The van der Waals surface area contributed by atoms with Gasteiger partial charge in [-0.25, -0.2) is 0 Å². The second-order valence-electron chi connectivity index (χ2n) is 6.01. The van der Waals surface area contributed by atoms with E-state index in [2.05, 4.69) is 17.2 Å². The van der Waals surface area contributed by atoms with E-state index in [0.717, 1.165) is 11.8 Å². The molecule has 102 valence electrons. The molecule has 2 bridgehead atoms. The molecule has 2 fully saturated rings. The highest BCUT2D eigenvalue weighted by Crippen LogP contribution is 2.49. The van der Waals surface area contributed by atoms with Crippen molar-refractivity contribution in [2.75, 3.05) is 0 Å². The van der Waals surface area contributed by atoms with Crippen LogP contribution in [0.4, 0.5) is 0 Å². The number of nitrogens with one attached hydrogen (secondary N) is 2. The SMILES string of the molecule is C[C@@H](NC(=O)c1ccc[nH]c1=O)[C@@H]1C[C@H]2CC[C@H]1C2. The van der Waals surface area contributed by atoms with E-state index in [1.54, 1.807) is 18.3 Å². The van der Waals surface area contributed by atoms with Gasteiger partial charge in [0.15, 0.2) is 0 Å². The maximum atomic E-state index is 12.1. The lowest BCUT2D eigenvalue weighted by atomic mass is 9.84. The lowest BCUT2D eigenvalue weighted by Gasteiger charge is -2.28. The minimum absolute atomic E-state index is 0.155. The number of pyridine rings is 1. The number of amides is 1. The highest BCUT2D eigenvalue weighted by atomic mass is 16.2. The maximum Gasteiger partial charge on any atom is 0.260 e. The normalized spacial score (nSPS) is 30.3. The molecule has 4 atom stereocenters. The monoisotopic (exact) mass is 260 g/mol. The molecule has 1 amide bonds. The molecule has 1 aromatic rings. The summed E-state index contributed by atoms with van der Waals surface area (Å²) in [7, 11) is 0. The third-order valence-electron chi connectivity index (χ3n) is 4.86. The number of hydrogen-bond acceptors (Lipinski definition) is 2. The Morgan fingerprint density at radius 3 is 2.89 bits per heavy atom. The average Bonchev–Trinajstić information content (AvgIpc) is 3.01. The van der Waals surface area contributed by atoms with Gasteiger partial charge < -0.3 is 10.3 Å². The van der Waals surface area contributed by atoms with E-state index in [0.29, 0.717) is 5.92 Å². The van der Waals surface area contributed by atoms with E-state index in [9.17, 15) is 9.59 Å². The highest BCUT2D eigenvalue weighted by Gasteiger charge is 2.42. The van der Waals surface area contributed by atoms with E-state index in [-0.39, 0.29) is 23.1 Å². The molecule has 0 radical (unpaired) electrons. The van der Waals surface area contributed by atoms with Crippen molar-refractivity contribution in [1.82, 2.24) is 10.3 Å². The Hall–Kier alpha value is -1.58. The van der Waals surface area contributed by atoms with Gasteiger partial charge in [-0.2, -0.15) is 0 Å². The molecule has 3 rings (SSSR count). The van der Waals surface area contributed by atoms with Crippen LogP contribution >= 0.6 is 0 Å². The molecular weight excluding hydrogens is 240 g/mol. The lowest BCUT2D eigenvalue weighted by Crippen LogP contribution is -2.41. The summed E-state index contributed by atoms with van der Waals surface area (Å²) >= 11 is 0. The number of fused-ring (bicyclic) bond motifs is 2. The van der Waals surface area contributed by atoms with Crippen molar-refractivity contribution in [2.45, 2.75) is 38.6 Å². The van der Waals surface area contributed by atoms with E-state index in [1.165, 1.54) is 25.7 Å². The van der Waals surface area contributed by atoms with Crippen LogP contribution in [0.25, 0.3) is 0 Å². The fourth-order valence-corrected chi connectivity index (χ4v) is 3.90. The minimum atomic E-state index is -0.319. The summed E-state index contributed by atoms with van der Waals surface area (Å²) in [6, 6.07) is 3.41. The van der Waals surface area contributed by atoms with Gasteiger partial charge in [-0.3, -0.25) is 9.59 Å². The molecule has 0 unspecified atom stereocenters. The lowest BCUT2D eigenvalue weighted by molar-refractivity contribution is 0.0913. The van der Waals surface area contributed by atoms with Crippen LogP contribution in [0.15, 0.2) is 23.1 Å². The van der Waals surface area contributed by atoms with Gasteiger partial charge in [-0.15, -0.1) is 0 Å². The van der Waals surface area contributed by atoms with Gasteiger partial charge in [0.05, 0.1) is 0 Å². The summed E-state index contributed by atoms with van der Waals surface area (Å²) in [5, 5.41) is 3.00. The van der Waals surface area contributed by atoms with Crippen LogP contribution in [0.5, 0.6) is 0 Å². The molecule has 4 nitrogen and oxygen atoms in total. The first kappa shape index (κ1) is 12.5. The summed E-state index contributed by atoms with van der Waals surface area (Å²) in [5.74, 6) is 1.98. The fourth-order valence-electron chi connectivity index (χ4n) is 3.90. The molecule has 2 N–H and O–H groups in total. The van der Waals surface area contributed by atoms with Crippen LogP contribution in [0.1, 0.15) is 43.0 Å². The zero-order valence-corrected chi connectivity index (χ0v) is 11.2. The van der Waals surface area contributed by atoms with Crippen LogP contribution in [0.2, 0.25) is 0 Å². The third kappa shape index (κ3) is 2.31. The smallest absolute Gasteiger partial charge is 0.260 e. The Balaban J connectivity index is 1.67. The number of aromatic amines is 1. The van der Waals surface area contributed by atoms with Crippen molar-refractivity contribution in [3.8, 4) is 0 Å². The Bertz CT molecular complexity index is 537. The molecule has 1 aromatic heterocycles. The minimum Gasteiger partial charge on any atom is -0.349 e. The predicted molar refractivity (Wildman–Crippen MR) is 72.9 cm³/mol. The van der Waals surface area contributed by atoms with Crippen LogP contribution < -0.4 is 10.9 Å². The molecule has 2 aliphatic carbocycles. The van der Waals surface area contributed by atoms with Gasteiger partial charge in [-0.1, -0.05) is 6.42 Å². The molecule has 19 heavy (non-hydrogen) atoms. The number of carbonyl (C=O) groups excluding carboxylic acids is 1. The number of aromatic nitrogens is 1. The van der Waals surface area contributed by atoms with Crippen LogP contribution in [0.3, 0.4) is 0 Å². The topological polar surface area (TPSA) is 62.0 Å². The van der Waals surface area contributed by atoms with E-state index >= 15 is 0 Å². The van der Waals surface area contributed by atoms with E-state index < -0.39 is 0 Å². The molecule has 0 aromatic carbocycles. The fraction of sp³-hybridized carbons (Fsp3) is 0.600. The molecule has 0 saturated heterocycles. The van der Waals surface area contributed by atoms with Gasteiger partial charge in [0.1, 0.15) is 5.56 Å². The second-order valence-corrected chi connectivity index (χ2v) is 6.01. The van der Waals surface area contributed by atoms with Crippen LogP contribution in [-0.2, 0) is 0 Å². The molecule has 2 aliphatic rings. The first-order valence-electron chi connectivity index (χ1n) is 7.13. The van der Waals surface area contributed by atoms with Gasteiger partial charge in [0.2, 0.25) is 0 Å². The first-order chi connectivity index (χ1) is 9.15. The van der Waals surface area contributed by atoms with Crippen LogP contribution in [0, 0.1) is 17.8 Å². The van der Waals surface area contributed by atoms with Gasteiger partial charge in [0.25, 0.3) is 11.5 Å². The van der Waals surface area contributed by atoms with Crippen molar-refractivity contribution in [3.05, 3.63) is 34.2 Å². The number of rotatable bonds is 3. The van der Waals surface area contributed by atoms with Gasteiger partial charge in [0, 0.05) is 12.2 Å². The summed E-state index contributed by atoms with van der Waals surface area (Å²) in [4.78, 5) is 26.2. The number of H-pyrrole nitrogens is 1. The van der Waals surface area contributed by atoms with E-state index in [4.69, 9.17) is 0 Å². The molecular formula is C15H20N2O2. The van der Waals surface area contributed by atoms with Gasteiger partial charge >= 0.3 is 0 Å². The standard InChI is InChI=1S/C15H20N2O2/c1-9(13-8-10-4-5-11(13)7-10)17-15(19)12-3-2-6-16-14(12)18/h2-3,6,9-11,13H,4-5,7-8H2,1H3,(H,16,18)(H,17,19)/t9-,10+,11+,13+/m1/s1. The maximum absolute atomic E-state index is 12.1. The largest absolute Gasteiger partial charge is 0.349 e. The highest BCUT2D eigenvalue weighted by molar-refractivity contribution is 5.93. The summed E-state index contributed by atoms with van der Waals surface area (Å²) in [5.41, 5.74) is -0.113. The van der Waals surface area contributed by atoms with Crippen molar-refractivity contribution >= 4 is 5.91 Å². The number of carbonyl (C=O) groups is 1. The summed E-state index contributed by atoms with van der Waals surface area (Å²) in [6.45, 7) is 2.07. The zero-order valence-electron chi connectivity index (χ0n) is 11.2. The quantitative estimate of drug-likeness (QED) is 0.872. The average molecular weight is 260 g/mol. The molecule has 1 heterocycles. The Morgan fingerprint density at radius 2 is 2.26 bits per heavy atom. The first-order valence-corrected chi connectivity index (χ1v) is 7.13. The molecule has 0 aliphatic heterocycles. The predicted octanol–water partition coefficient (Wildman–Crippen LogP) is 1.93. The van der Waals surface area contributed by atoms with Crippen LogP contribution in [-0.4, -0.2) is 16.9 Å². The summed E-state index contributed by atoms with van der Waals surface area (Å²) in [6.07, 6.45) is 6.77. The molecule has 0 spiro atoms. The van der Waals surface area contributed by atoms with Crippen molar-refractivity contribution in [1.29, 1.82) is 0 Å². The Morgan fingerprint density at radius 1 is 1.42 bits per heavy atom. The van der Waals surface area contributed by atoms with Crippen molar-refractivity contribution in [2.24, 2.45) is 17.8 Å². The third-order valence-corrected chi connectivity index (χ3v) is 4.86. The Labute approximate surface area is 112 Å². The number of hydrogen-bond donors (Lipinski definition) is 2. The second kappa shape index (κ2) is 4.83. The Kier molecular flexibility index (Phi) is 3.17. The molecule has 4 heteroatoms. The zero-order chi connectivity index (χ0) is 13.4. The summed E-state index contributed by atoms with van der Waals surface area (Å²) < 4.78 is 0. The van der Waals surface area contributed by atoms with Crippen molar-refractivity contribution < 1.29 is 4.79 Å². The van der Waals surface area contributed by atoms with Gasteiger partial charge in [-0.05, 0) is 56.1 Å². The van der Waals surface area contributed by atoms with E-state index in [1.807, 2.05) is 0 Å².